The van der Waals surface area contributed by atoms with Gasteiger partial charge in [-0.15, -0.1) is 0 Å². The summed E-state index contributed by atoms with van der Waals surface area (Å²) in [4.78, 5) is 38.9. The number of aromatic nitrogens is 3. The van der Waals surface area contributed by atoms with Gasteiger partial charge >= 0.3 is 6.18 Å². The Labute approximate surface area is 227 Å². The van der Waals surface area contributed by atoms with E-state index in [1.807, 2.05) is 12.1 Å². The summed E-state index contributed by atoms with van der Waals surface area (Å²) in [7, 11) is 0. The zero-order valence-electron chi connectivity index (χ0n) is 20.7. The molecule has 0 saturated carbocycles. The molecule has 2 fully saturated rings. The van der Waals surface area contributed by atoms with E-state index in [1.165, 1.54) is 12.1 Å². The second kappa shape index (κ2) is 11.5. The van der Waals surface area contributed by atoms with Crippen LogP contribution < -0.4 is 15.5 Å². The number of nitrogens with one attached hydrogen (secondary N) is 2. The summed E-state index contributed by atoms with van der Waals surface area (Å²) < 4.78 is 38.8. The average molecular weight is 555 g/mol. The molecule has 8 nitrogen and oxygen atoms in total. The van der Waals surface area contributed by atoms with Gasteiger partial charge < -0.3 is 10.2 Å². The molecule has 0 atom stereocenters. The molecule has 0 aliphatic carbocycles. The van der Waals surface area contributed by atoms with E-state index in [-0.39, 0.29) is 0 Å². The normalized spacial score (nSPS) is 17.6. The molecule has 2 aromatic heterocycles. The standard InChI is InChI=1S/C27H25F3N6O2S/c28-27(29,30)20-5-3-18(4-6-20)23-19(2-1-10-32-23)16-31-15-17-8-12-36(13-9-17)25-33-11-7-21(34-25)14-22-24(37)35-26(38)39-22/h1-7,10-11,14,17,31H,8-9,12-13,15-16H2,(H,35,37,38)/b22-14+. The van der Waals surface area contributed by atoms with E-state index < -0.39 is 22.9 Å². The van der Waals surface area contributed by atoms with Crippen LogP contribution in [0.5, 0.6) is 0 Å². The van der Waals surface area contributed by atoms with E-state index in [0.717, 1.165) is 61.9 Å². The third-order valence-electron chi connectivity index (χ3n) is 6.61. The van der Waals surface area contributed by atoms with Crippen LogP contribution in [0.1, 0.15) is 29.7 Å². The van der Waals surface area contributed by atoms with Gasteiger partial charge in [-0.05, 0) is 73.0 Å². The summed E-state index contributed by atoms with van der Waals surface area (Å²) in [5, 5.41) is 5.32. The minimum Gasteiger partial charge on any atom is -0.341 e. The Balaban J connectivity index is 1.14. The van der Waals surface area contributed by atoms with Crippen LogP contribution in [0.2, 0.25) is 0 Å². The highest BCUT2D eigenvalue weighted by atomic mass is 32.2. The van der Waals surface area contributed by atoms with Gasteiger partial charge in [-0.1, -0.05) is 18.2 Å². The number of hydrogen-bond acceptors (Lipinski definition) is 8. The lowest BCUT2D eigenvalue weighted by atomic mass is 9.96. The lowest BCUT2D eigenvalue weighted by molar-refractivity contribution is -0.137. The summed E-state index contributed by atoms with van der Waals surface area (Å²) in [5.74, 6) is 0.612. The molecule has 2 aliphatic heterocycles. The minimum absolute atomic E-state index is 0.310. The molecule has 2 amide bonds. The van der Waals surface area contributed by atoms with Crippen molar-refractivity contribution in [3.8, 4) is 11.3 Å². The first-order valence-electron chi connectivity index (χ1n) is 12.4. The monoisotopic (exact) mass is 554 g/mol. The highest BCUT2D eigenvalue weighted by Crippen LogP contribution is 2.31. The van der Waals surface area contributed by atoms with E-state index in [1.54, 1.807) is 24.5 Å². The van der Waals surface area contributed by atoms with Gasteiger partial charge in [0.05, 0.1) is 21.9 Å². The molecule has 2 aliphatic rings. The number of amides is 2. The Morgan fingerprint density at radius 1 is 1.05 bits per heavy atom. The van der Waals surface area contributed by atoms with Crippen molar-refractivity contribution in [1.29, 1.82) is 0 Å². The number of thioether (sulfide) groups is 1. The van der Waals surface area contributed by atoms with E-state index >= 15 is 0 Å². The number of nitrogens with zero attached hydrogens (tertiary/aromatic N) is 4. The van der Waals surface area contributed by atoms with Crippen LogP contribution in [-0.4, -0.2) is 45.7 Å². The number of imide groups is 1. The molecule has 3 aromatic rings. The van der Waals surface area contributed by atoms with Gasteiger partial charge in [0, 0.05) is 37.6 Å². The van der Waals surface area contributed by atoms with Crippen molar-refractivity contribution < 1.29 is 22.8 Å². The first-order chi connectivity index (χ1) is 18.8. The van der Waals surface area contributed by atoms with Crippen molar-refractivity contribution in [2.24, 2.45) is 5.92 Å². The molecule has 0 spiro atoms. The molecule has 2 saturated heterocycles. The largest absolute Gasteiger partial charge is 0.416 e. The third-order valence-corrected chi connectivity index (χ3v) is 7.42. The second-order valence-corrected chi connectivity index (χ2v) is 10.3. The summed E-state index contributed by atoms with van der Waals surface area (Å²) in [6.07, 6.45) is 2.37. The van der Waals surface area contributed by atoms with Crippen LogP contribution >= 0.6 is 11.8 Å². The Bertz CT molecular complexity index is 1390. The third kappa shape index (κ3) is 6.63. The summed E-state index contributed by atoms with van der Waals surface area (Å²) in [6, 6.07) is 10.5. The summed E-state index contributed by atoms with van der Waals surface area (Å²) in [5.41, 5.74) is 2.11. The van der Waals surface area contributed by atoms with Crippen molar-refractivity contribution in [3.05, 3.63) is 76.6 Å². The molecule has 39 heavy (non-hydrogen) atoms. The second-order valence-electron chi connectivity index (χ2n) is 9.28. The van der Waals surface area contributed by atoms with Crippen LogP contribution in [0.25, 0.3) is 17.3 Å². The van der Waals surface area contributed by atoms with Gasteiger partial charge in [-0.3, -0.25) is 19.9 Å². The molecule has 2 N–H and O–H groups in total. The molecule has 12 heteroatoms. The van der Waals surface area contributed by atoms with E-state index in [4.69, 9.17) is 0 Å². The minimum atomic E-state index is -4.37. The van der Waals surface area contributed by atoms with Crippen LogP contribution in [-0.2, 0) is 17.5 Å². The average Bonchev–Trinajstić information content (AvgIpc) is 3.25. The van der Waals surface area contributed by atoms with Crippen LogP contribution in [0, 0.1) is 5.92 Å². The molecule has 0 unspecified atom stereocenters. The van der Waals surface area contributed by atoms with Gasteiger partial charge in [0.25, 0.3) is 11.1 Å². The Morgan fingerprint density at radius 3 is 2.51 bits per heavy atom. The number of hydrogen-bond donors (Lipinski definition) is 2. The Kier molecular flexibility index (Phi) is 7.94. The Morgan fingerprint density at radius 2 is 1.82 bits per heavy atom. The van der Waals surface area contributed by atoms with Gasteiger partial charge in [-0.25, -0.2) is 9.97 Å². The van der Waals surface area contributed by atoms with Crippen LogP contribution in [0.15, 0.2) is 59.8 Å². The van der Waals surface area contributed by atoms with Crippen molar-refractivity contribution in [3.63, 3.8) is 0 Å². The van der Waals surface area contributed by atoms with Crippen LogP contribution in [0.4, 0.5) is 23.9 Å². The first-order valence-corrected chi connectivity index (χ1v) is 13.2. The maximum absolute atomic E-state index is 12.9. The quantitative estimate of drug-likeness (QED) is 0.399. The summed E-state index contributed by atoms with van der Waals surface area (Å²) >= 11 is 0.853. The van der Waals surface area contributed by atoms with Crippen molar-refractivity contribution >= 4 is 34.9 Å². The predicted molar refractivity (Wildman–Crippen MR) is 142 cm³/mol. The van der Waals surface area contributed by atoms with E-state index in [9.17, 15) is 22.8 Å². The fourth-order valence-electron chi connectivity index (χ4n) is 4.56. The number of rotatable bonds is 7. The number of anilines is 1. The van der Waals surface area contributed by atoms with E-state index in [2.05, 4.69) is 30.5 Å². The number of piperidine rings is 1. The predicted octanol–water partition coefficient (Wildman–Crippen LogP) is 4.89. The highest BCUT2D eigenvalue weighted by Gasteiger charge is 2.30. The molecular weight excluding hydrogens is 529 g/mol. The van der Waals surface area contributed by atoms with Gasteiger partial charge in [-0.2, -0.15) is 13.2 Å². The molecule has 5 rings (SSSR count). The lowest BCUT2D eigenvalue weighted by Crippen LogP contribution is -2.38. The Hall–Kier alpha value is -3.77. The van der Waals surface area contributed by atoms with Gasteiger partial charge in [0.15, 0.2) is 0 Å². The SMILES string of the molecule is O=C1NC(=O)/C(=C\c2ccnc(N3CCC(CNCc4cccnc4-c4ccc(C(F)(F)F)cc4)CC3)n2)S1. The smallest absolute Gasteiger partial charge is 0.341 e. The fourth-order valence-corrected chi connectivity index (χ4v) is 5.22. The molecule has 202 valence electrons. The van der Waals surface area contributed by atoms with Gasteiger partial charge in [0.2, 0.25) is 5.95 Å². The topological polar surface area (TPSA) is 100 Å². The highest BCUT2D eigenvalue weighted by molar-refractivity contribution is 8.18. The van der Waals surface area contributed by atoms with E-state index in [0.29, 0.717) is 40.3 Å². The lowest BCUT2D eigenvalue weighted by Gasteiger charge is -2.32. The van der Waals surface area contributed by atoms with Crippen molar-refractivity contribution in [2.75, 3.05) is 24.5 Å². The molecule has 0 bridgehead atoms. The maximum atomic E-state index is 12.9. The molecule has 0 radical (unpaired) electrons. The zero-order valence-corrected chi connectivity index (χ0v) is 21.6. The number of carbonyl (C=O) groups is 2. The number of carbonyl (C=O) groups excluding carboxylic acids is 2. The van der Waals surface area contributed by atoms with Crippen LogP contribution in [0.3, 0.4) is 0 Å². The molecule has 1 aromatic carbocycles. The molecule has 4 heterocycles. The van der Waals surface area contributed by atoms with Crippen molar-refractivity contribution in [1.82, 2.24) is 25.6 Å². The zero-order chi connectivity index (χ0) is 27.4. The number of alkyl halides is 3. The van der Waals surface area contributed by atoms with Gasteiger partial charge in [0.1, 0.15) is 0 Å². The number of pyridine rings is 1. The first kappa shape index (κ1) is 26.8. The van der Waals surface area contributed by atoms with Crippen molar-refractivity contribution in [2.45, 2.75) is 25.6 Å². The number of halogens is 3. The number of benzene rings is 1. The molecular formula is C27H25F3N6O2S. The maximum Gasteiger partial charge on any atom is 0.416 e. The summed E-state index contributed by atoms with van der Waals surface area (Å²) in [6.45, 7) is 2.91. The fraction of sp³-hybridized carbons (Fsp3) is 0.296.